The summed E-state index contributed by atoms with van der Waals surface area (Å²) in [5.41, 5.74) is 1.84. The van der Waals surface area contributed by atoms with Crippen molar-refractivity contribution in [3.05, 3.63) is 34.9 Å². The van der Waals surface area contributed by atoms with Gasteiger partial charge in [0.15, 0.2) is 11.9 Å². The number of Topliss-reactive ketones (excluding diaryl/α,β-unsaturated/α-hetero) is 1. The van der Waals surface area contributed by atoms with Crippen molar-refractivity contribution in [1.29, 1.82) is 5.26 Å². The highest BCUT2D eigenvalue weighted by atomic mass is 16.3. The molecule has 4 nitrogen and oxygen atoms in total. The Morgan fingerprint density at radius 2 is 2.06 bits per heavy atom. The van der Waals surface area contributed by atoms with Crippen LogP contribution in [0.4, 0.5) is 0 Å². The van der Waals surface area contributed by atoms with E-state index >= 15 is 0 Å². The standard InChI is InChI=1S/C12H11NO3/c13-6-11(15)12(16)9-3-1-2-8-7(9)4-5-10(8)14/h1-3,11-12,15-16H,4-5H2. The molecule has 1 aliphatic rings. The van der Waals surface area contributed by atoms with Crippen molar-refractivity contribution in [3.63, 3.8) is 0 Å². The Labute approximate surface area is 92.8 Å². The topological polar surface area (TPSA) is 81.3 Å². The lowest BCUT2D eigenvalue weighted by Crippen LogP contribution is -2.17. The maximum atomic E-state index is 11.5. The fraction of sp³-hybridized carbons (Fsp3) is 0.333. The molecule has 2 unspecified atom stereocenters. The zero-order valence-electron chi connectivity index (χ0n) is 8.55. The van der Waals surface area contributed by atoms with Gasteiger partial charge in [0.25, 0.3) is 0 Å². The normalized spacial score (nSPS) is 17.7. The SMILES string of the molecule is N#CC(O)C(O)c1cccc2c1CCC2=O. The van der Waals surface area contributed by atoms with E-state index in [0.717, 1.165) is 5.56 Å². The Bertz CT molecular complexity index is 476. The molecule has 2 rings (SSSR count). The van der Waals surface area contributed by atoms with E-state index in [-0.39, 0.29) is 5.78 Å². The highest BCUT2D eigenvalue weighted by Gasteiger charge is 2.27. The zero-order valence-corrected chi connectivity index (χ0v) is 8.55. The Morgan fingerprint density at radius 3 is 2.75 bits per heavy atom. The van der Waals surface area contributed by atoms with Gasteiger partial charge in [0, 0.05) is 12.0 Å². The van der Waals surface area contributed by atoms with Gasteiger partial charge in [-0.15, -0.1) is 0 Å². The fourth-order valence-corrected chi connectivity index (χ4v) is 2.04. The van der Waals surface area contributed by atoms with E-state index < -0.39 is 12.2 Å². The van der Waals surface area contributed by atoms with Gasteiger partial charge >= 0.3 is 0 Å². The lowest BCUT2D eigenvalue weighted by molar-refractivity contribution is 0.0522. The number of nitrogens with zero attached hydrogens (tertiary/aromatic N) is 1. The Morgan fingerprint density at radius 1 is 1.31 bits per heavy atom. The molecule has 1 aromatic carbocycles. The zero-order chi connectivity index (χ0) is 11.7. The molecule has 0 aromatic heterocycles. The molecule has 0 heterocycles. The van der Waals surface area contributed by atoms with Gasteiger partial charge in [-0.25, -0.2) is 0 Å². The second-order valence-corrected chi connectivity index (χ2v) is 3.82. The Kier molecular flexibility index (Phi) is 2.73. The quantitative estimate of drug-likeness (QED) is 0.715. The molecular weight excluding hydrogens is 206 g/mol. The van der Waals surface area contributed by atoms with Gasteiger partial charge in [0.2, 0.25) is 0 Å². The van der Waals surface area contributed by atoms with Crippen LogP contribution >= 0.6 is 0 Å². The first-order valence-electron chi connectivity index (χ1n) is 5.06. The lowest BCUT2D eigenvalue weighted by Gasteiger charge is -2.15. The summed E-state index contributed by atoms with van der Waals surface area (Å²) < 4.78 is 0. The van der Waals surface area contributed by atoms with Crippen molar-refractivity contribution in [3.8, 4) is 6.07 Å². The molecule has 4 heteroatoms. The van der Waals surface area contributed by atoms with Crippen LogP contribution in [0.3, 0.4) is 0 Å². The van der Waals surface area contributed by atoms with Crippen molar-refractivity contribution < 1.29 is 15.0 Å². The monoisotopic (exact) mass is 217 g/mol. The second-order valence-electron chi connectivity index (χ2n) is 3.82. The maximum Gasteiger partial charge on any atom is 0.170 e. The summed E-state index contributed by atoms with van der Waals surface area (Å²) >= 11 is 0. The van der Waals surface area contributed by atoms with Gasteiger partial charge in [-0.1, -0.05) is 18.2 Å². The molecule has 0 saturated carbocycles. The van der Waals surface area contributed by atoms with E-state index in [4.69, 9.17) is 5.26 Å². The number of aliphatic hydroxyl groups is 2. The molecule has 0 saturated heterocycles. The molecule has 1 aliphatic carbocycles. The predicted octanol–water partition coefficient (Wildman–Crippen LogP) is 0.733. The van der Waals surface area contributed by atoms with Gasteiger partial charge in [-0.2, -0.15) is 5.26 Å². The van der Waals surface area contributed by atoms with Gasteiger partial charge in [-0.05, 0) is 17.5 Å². The summed E-state index contributed by atoms with van der Waals surface area (Å²) in [5.74, 6) is 0.0514. The van der Waals surface area contributed by atoms with E-state index in [1.807, 2.05) is 0 Å². The molecule has 0 aliphatic heterocycles. The molecule has 82 valence electrons. The van der Waals surface area contributed by atoms with Crippen molar-refractivity contribution in [2.24, 2.45) is 0 Å². The number of hydrogen-bond acceptors (Lipinski definition) is 4. The van der Waals surface area contributed by atoms with E-state index in [0.29, 0.717) is 24.0 Å². The van der Waals surface area contributed by atoms with Gasteiger partial charge in [-0.3, -0.25) is 4.79 Å². The van der Waals surface area contributed by atoms with Crippen molar-refractivity contribution in [1.82, 2.24) is 0 Å². The Hall–Kier alpha value is -1.70. The summed E-state index contributed by atoms with van der Waals surface area (Å²) in [5, 5.41) is 27.6. The summed E-state index contributed by atoms with van der Waals surface area (Å²) in [7, 11) is 0. The molecule has 2 atom stereocenters. The van der Waals surface area contributed by atoms with Crippen LogP contribution in [0.5, 0.6) is 0 Å². The fourth-order valence-electron chi connectivity index (χ4n) is 2.04. The highest BCUT2D eigenvalue weighted by Crippen LogP contribution is 2.30. The third-order valence-corrected chi connectivity index (χ3v) is 2.86. The number of nitriles is 1. The molecule has 2 N–H and O–H groups in total. The van der Waals surface area contributed by atoms with Crippen LogP contribution in [0, 0.1) is 11.3 Å². The average Bonchev–Trinajstić information content (AvgIpc) is 2.69. The van der Waals surface area contributed by atoms with Crippen LogP contribution in [0.1, 0.15) is 34.0 Å². The molecule has 16 heavy (non-hydrogen) atoms. The maximum absolute atomic E-state index is 11.5. The van der Waals surface area contributed by atoms with E-state index in [2.05, 4.69) is 0 Å². The molecule has 0 spiro atoms. The van der Waals surface area contributed by atoms with Crippen LogP contribution in [-0.4, -0.2) is 22.1 Å². The van der Waals surface area contributed by atoms with E-state index in [9.17, 15) is 15.0 Å². The van der Waals surface area contributed by atoms with Crippen molar-refractivity contribution >= 4 is 5.78 Å². The molecule has 0 radical (unpaired) electrons. The first kappa shape index (κ1) is 10.8. The largest absolute Gasteiger partial charge is 0.385 e. The van der Waals surface area contributed by atoms with Crippen molar-refractivity contribution in [2.45, 2.75) is 25.0 Å². The molecule has 0 bridgehead atoms. The highest BCUT2D eigenvalue weighted by molar-refractivity contribution is 6.00. The van der Waals surface area contributed by atoms with Gasteiger partial charge in [0.1, 0.15) is 6.10 Å². The van der Waals surface area contributed by atoms with Crippen LogP contribution in [0.2, 0.25) is 0 Å². The second kappa shape index (κ2) is 4.05. The summed E-state index contributed by atoms with van der Waals surface area (Å²) in [4.78, 5) is 11.5. The number of hydrogen-bond donors (Lipinski definition) is 2. The minimum Gasteiger partial charge on any atom is -0.385 e. The number of ketones is 1. The molecular formula is C12H11NO3. The number of rotatable bonds is 2. The summed E-state index contributed by atoms with van der Waals surface area (Å²) in [6.07, 6.45) is -1.70. The number of carbonyl (C=O) groups excluding carboxylic acids is 1. The van der Waals surface area contributed by atoms with Crippen LogP contribution in [0.15, 0.2) is 18.2 Å². The van der Waals surface area contributed by atoms with Gasteiger partial charge < -0.3 is 10.2 Å². The third-order valence-electron chi connectivity index (χ3n) is 2.86. The Balaban J connectivity index is 2.44. The predicted molar refractivity (Wildman–Crippen MR) is 55.7 cm³/mol. The van der Waals surface area contributed by atoms with E-state index in [1.165, 1.54) is 0 Å². The molecule has 0 amide bonds. The molecule has 0 fully saturated rings. The van der Waals surface area contributed by atoms with Gasteiger partial charge in [0.05, 0.1) is 6.07 Å². The number of carbonyl (C=O) groups is 1. The number of aliphatic hydroxyl groups excluding tert-OH is 2. The molecule has 1 aromatic rings. The number of fused-ring (bicyclic) bond motifs is 1. The first-order chi connectivity index (χ1) is 7.65. The number of benzene rings is 1. The third kappa shape index (κ3) is 1.60. The lowest BCUT2D eigenvalue weighted by atomic mass is 9.96. The van der Waals surface area contributed by atoms with Crippen LogP contribution in [-0.2, 0) is 6.42 Å². The van der Waals surface area contributed by atoms with Crippen LogP contribution in [0.25, 0.3) is 0 Å². The smallest absolute Gasteiger partial charge is 0.170 e. The summed E-state index contributed by atoms with van der Waals surface area (Å²) in [6, 6.07) is 6.59. The summed E-state index contributed by atoms with van der Waals surface area (Å²) in [6.45, 7) is 0. The minimum absolute atomic E-state index is 0.0514. The minimum atomic E-state index is -1.46. The van der Waals surface area contributed by atoms with Crippen molar-refractivity contribution in [2.75, 3.05) is 0 Å². The van der Waals surface area contributed by atoms with E-state index in [1.54, 1.807) is 24.3 Å². The average molecular weight is 217 g/mol. The van der Waals surface area contributed by atoms with Crippen LogP contribution < -0.4 is 0 Å². The first-order valence-corrected chi connectivity index (χ1v) is 5.06.